The lowest BCUT2D eigenvalue weighted by molar-refractivity contribution is -0.141. The van der Waals surface area contributed by atoms with E-state index in [2.05, 4.69) is 5.32 Å². The normalized spacial score (nSPS) is 13.6. The molecule has 2 atom stereocenters. The van der Waals surface area contributed by atoms with E-state index in [-0.39, 0.29) is 0 Å². The summed E-state index contributed by atoms with van der Waals surface area (Å²) in [4.78, 5) is 22.2. The molecule has 1 aromatic rings. The molecule has 1 amide bonds. The minimum absolute atomic E-state index is 0.361. The maximum Gasteiger partial charge on any atom is 0.306 e. The van der Waals surface area contributed by atoms with Crippen LogP contribution in [0.1, 0.15) is 31.4 Å². The van der Waals surface area contributed by atoms with Crippen molar-refractivity contribution in [3.63, 3.8) is 0 Å². The second-order valence-electron chi connectivity index (χ2n) is 4.49. The van der Waals surface area contributed by atoms with Gasteiger partial charge in [-0.05, 0) is 18.4 Å². The van der Waals surface area contributed by atoms with Gasteiger partial charge in [0, 0.05) is 6.54 Å². The number of nitrogens with one attached hydrogen (secondary N) is 1. The summed E-state index contributed by atoms with van der Waals surface area (Å²) in [5.74, 6) is -1.72. The minimum atomic E-state index is -1.18. The van der Waals surface area contributed by atoms with Gasteiger partial charge in [0.2, 0.25) is 0 Å². The van der Waals surface area contributed by atoms with Crippen molar-refractivity contribution in [2.75, 3.05) is 6.54 Å². The Hall–Kier alpha value is -1.88. The number of carbonyl (C=O) groups excluding carboxylic acids is 1. The van der Waals surface area contributed by atoms with Gasteiger partial charge in [-0.15, -0.1) is 0 Å². The maximum absolute atomic E-state index is 11.6. The van der Waals surface area contributed by atoms with Crippen LogP contribution in [-0.4, -0.2) is 28.6 Å². The molecule has 0 bridgehead atoms. The summed E-state index contributed by atoms with van der Waals surface area (Å²) in [7, 11) is 0. The van der Waals surface area contributed by atoms with Crippen molar-refractivity contribution < 1.29 is 19.8 Å². The van der Waals surface area contributed by atoms with Crippen LogP contribution < -0.4 is 5.32 Å². The van der Waals surface area contributed by atoms with Gasteiger partial charge in [-0.3, -0.25) is 9.59 Å². The molecule has 2 unspecified atom stereocenters. The summed E-state index contributed by atoms with van der Waals surface area (Å²) in [6, 6.07) is 8.66. The van der Waals surface area contributed by atoms with Crippen molar-refractivity contribution >= 4 is 11.9 Å². The van der Waals surface area contributed by atoms with E-state index < -0.39 is 23.9 Å². The molecule has 1 rings (SSSR count). The second kappa shape index (κ2) is 7.53. The van der Waals surface area contributed by atoms with Gasteiger partial charge in [0.05, 0.1) is 5.92 Å². The molecule has 0 spiro atoms. The van der Waals surface area contributed by atoms with Crippen LogP contribution in [0.2, 0.25) is 0 Å². The number of hydrogen-bond acceptors (Lipinski definition) is 3. The summed E-state index contributed by atoms with van der Waals surface area (Å²) >= 11 is 0. The Morgan fingerprint density at radius 2 is 1.89 bits per heavy atom. The topological polar surface area (TPSA) is 86.6 Å². The number of aliphatic hydroxyl groups excluding tert-OH is 1. The van der Waals surface area contributed by atoms with E-state index in [0.29, 0.717) is 24.9 Å². The number of carbonyl (C=O) groups is 2. The van der Waals surface area contributed by atoms with Gasteiger partial charge in [0.15, 0.2) is 6.10 Å². The molecule has 0 aliphatic rings. The van der Waals surface area contributed by atoms with Crippen LogP contribution in [0, 0.1) is 5.92 Å². The quantitative estimate of drug-likeness (QED) is 0.649. The molecule has 0 saturated heterocycles. The van der Waals surface area contributed by atoms with Gasteiger partial charge >= 0.3 is 5.97 Å². The number of benzene rings is 1. The van der Waals surface area contributed by atoms with Gasteiger partial charge in [-0.25, -0.2) is 0 Å². The van der Waals surface area contributed by atoms with Crippen molar-refractivity contribution in [3.05, 3.63) is 35.9 Å². The van der Waals surface area contributed by atoms with E-state index >= 15 is 0 Å². The highest BCUT2D eigenvalue weighted by molar-refractivity contribution is 5.81. The molecular weight excluding hydrogens is 246 g/mol. The summed E-state index contributed by atoms with van der Waals surface area (Å²) in [6.07, 6.45) is -0.115. The van der Waals surface area contributed by atoms with Crippen molar-refractivity contribution in [2.45, 2.75) is 25.9 Å². The maximum atomic E-state index is 11.6. The number of hydrogen-bond donors (Lipinski definition) is 3. The van der Waals surface area contributed by atoms with Crippen molar-refractivity contribution in [1.82, 2.24) is 5.32 Å². The minimum Gasteiger partial charge on any atom is -0.481 e. The smallest absolute Gasteiger partial charge is 0.306 e. The molecule has 104 valence electrons. The first kappa shape index (κ1) is 15.2. The van der Waals surface area contributed by atoms with Crippen LogP contribution in [0.25, 0.3) is 0 Å². The van der Waals surface area contributed by atoms with E-state index in [4.69, 9.17) is 5.11 Å². The van der Waals surface area contributed by atoms with Gasteiger partial charge in [0.25, 0.3) is 5.91 Å². The third-order valence-corrected chi connectivity index (χ3v) is 2.90. The van der Waals surface area contributed by atoms with E-state index in [0.717, 1.165) is 0 Å². The fourth-order valence-corrected chi connectivity index (χ4v) is 1.63. The Kier molecular flexibility index (Phi) is 6.02. The fraction of sp³-hybridized carbons (Fsp3) is 0.429. The Bertz CT molecular complexity index is 419. The Balaban J connectivity index is 2.30. The first-order valence-electron chi connectivity index (χ1n) is 6.26. The fourth-order valence-electron chi connectivity index (χ4n) is 1.63. The van der Waals surface area contributed by atoms with Crippen LogP contribution >= 0.6 is 0 Å². The predicted molar refractivity (Wildman–Crippen MR) is 70.4 cm³/mol. The highest BCUT2D eigenvalue weighted by atomic mass is 16.4. The van der Waals surface area contributed by atoms with Gasteiger partial charge in [0.1, 0.15) is 0 Å². The summed E-state index contributed by atoms with van der Waals surface area (Å²) in [6.45, 7) is 1.99. The standard InChI is InChI=1S/C14H19NO4/c1-10(14(18)19)6-5-9-15-13(17)12(16)11-7-3-2-4-8-11/h2-4,7-8,10,12,16H,5-6,9H2,1H3,(H,15,17)(H,18,19). The van der Waals surface area contributed by atoms with E-state index in [1.165, 1.54) is 0 Å². The number of aliphatic hydroxyl groups is 1. The first-order chi connectivity index (χ1) is 9.02. The van der Waals surface area contributed by atoms with Crippen molar-refractivity contribution in [1.29, 1.82) is 0 Å². The Labute approximate surface area is 112 Å². The monoisotopic (exact) mass is 265 g/mol. The average molecular weight is 265 g/mol. The largest absolute Gasteiger partial charge is 0.481 e. The van der Waals surface area contributed by atoms with E-state index in [9.17, 15) is 14.7 Å². The highest BCUT2D eigenvalue weighted by Gasteiger charge is 2.16. The number of carboxylic acids is 1. The van der Waals surface area contributed by atoms with Crippen LogP contribution in [0.5, 0.6) is 0 Å². The molecule has 0 saturated carbocycles. The van der Waals surface area contributed by atoms with Gasteiger partial charge < -0.3 is 15.5 Å². The Morgan fingerprint density at radius 1 is 1.26 bits per heavy atom. The van der Waals surface area contributed by atoms with Crippen LogP contribution in [0.15, 0.2) is 30.3 Å². The number of aliphatic carboxylic acids is 1. The molecule has 0 aliphatic carbocycles. The van der Waals surface area contributed by atoms with Gasteiger partial charge in [-0.1, -0.05) is 37.3 Å². The summed E-state index contributed by atoms with van der Waals surface area (Å²) in [5.41, 5.74) is 0.541. The molecule has 0 aromatic heterocycles. The molecule has 19 heavy (non-hydrogen) atoms. The van der Waals surface area contributed by atoms with Crippen LogP contribution in [0.4, 0.5) is 0 Å². The first-order valence-corrected chi connectivity index (χ1v) is 6.26. The SMILES string of the molecule is CC(CCCNC(=O)C(O)c1ccccc1)C(=O)O. The van der Waals surface area contributed by atoms with Gasteiger partial charge in [-0.2, -0.15) is 0 Å². The molecule has 0 aliphatic heterocycles. The van der Waals surface area contributed by atoms with Crippen molar-refractivity contribution in [2.24, 2.45) is 5.92 Å². The number of rotatable bonds is 7. The number of carboxylic acid groups (broad SMARTS) is 1. The zero-order valence-corrected chi connectivity index (χ0v) is 10.9. The molecule has 0 fully saturated rings. The molecule has 3 N–H and O–H groups in total. The van der Waals surface area contributed by atoms with E-state index in [1.54, 1.807) is 37.3 Å². The summed E-state index contributed by atoms with van der Waals surface area (Å²) < 4.78 is 0. The third-order valence-electron chi connectivity index (χ3n) is 2.90. The average Bonchev–Trinajstić information content (AvgIpc) is 2.43. The zero-order chi connectivity index (χ0) is 14.3. The molecule has 1 aromatic carbocycles. The van der Waals surface area contributed by atoms with Crippen LogP contribution in [-0.2, 0) is 9.59 Å². The lowest BCUT2D eigenvalue weighted by Gasteiger charge is -2.12. The molecule has 0 heterocycles. The van der Waals surface area contributed by atoms with Crippen LogP contribution in [0.3, 0.4) is 0 Å². The highest BCUT2D eigenvalue weighted by Crippen LogP contribution is 2.12. The zero-order valence-electron chi connectivity index (χ0n) is 10.9. The molecule has 5 nitrogen and oxygen atoms in total. The summed E-state index contributed by atoms with van der Waals surface area (Å²) in [5, 5.41) is 21.1. The lowest BCUT2D eigenvalue weighted by Crippen LogP contribution is -2.30. The number of amides is 1. The Morgan fingerprint density at radius 3 is 2.47 bits per heavy atom. The molecule has 5 heteroatoms. The predicted octanol–water partition coefficient (Wildman–Crippen LogP) is 1.34. The third kappa shape index (κ3) is 5.09. The lowest BCUT2D eigenvalue weighted by atomic mass is 10.1. The van der Waals surface area contributed by atoms with Crippen molar-refractivity contribution in [3.8, 4) is 0 Å². The second-order valence-corrected chi connectivity index (χ2v) is 4.49. The molecule has 0 radical (unpaired) electrons. The van der Waals surface area contributed by atoms with E-state index in [1.807, 2.05) is 0 Å². The molecular formula is C14H19NO4.